The summed E-state index contributed by atoms with van der Waals surface area (Å²) in [6, 6.07) is 5.08. The van der Waals surface area contributed by atoms with Gasteiger partial charge < -0.3 is 5.73 Å². The number of hydrogen-bond donors (Lipinski definition) is 2. The van der Waals surface area contributed by atoms with Crippen molar-refractivity contribution in [2.45, 2.75) is 5.16 Å². The Kier molecular flexibility index (Phi) is 2.62. The Morgan fingerprint density at radius 1 is 1.25 bits per heavy atom. The highest BCUT2D eigenvalue weighted by molar-refractivity contribution is 7.89. The molecule has 8 heteroatoms. The molecule has 2 aromatic rings. The highest BCUT2D eigenvalue weighted by Crippen LogP contribution is 2.27. The minimum Gasteiger partial charge on any atom is -0.391 e. The summed E-state index contributed by atoms with van der Waals surface area (Å²) in [5, 5.41) is 5.17. The van der Waals surface area contributed by atoms with Crippen molar-refractivity contribution in [3.05, 3.63) is 24.4 Å². The molecule has 0 radical (unpaired) electrons. The van der Waals surface area contributed by atoms with Crippen molar-refractivity contribution in [2.75, 3.05) is 5.73 Å². The van der Waals surface area contributed by atoms with Gasteiger partial charge in [0.25, 0.3) is 15.2 Å². The van der Waals surface area contributed by atoms with Crippen molar-refractivity contribution in [3.63, 3.8) is 0 Å². The standard InChI is InChI=1S/C8H8N4O2S2/c9-7-2-1-6(15-7)5-3-4-11-8(12-5)16(10,13)14/h1-4H,9H2,(H2,10,13,14). The number of nitrogen functional groups attached to an aromatic ring is 1. The van der Waals surface area contributed by atoms with Crippen LogP contribution in [-0.4, -0.2) is 18.4 Å². The zero-order valence-corrected chi connectivity index (χ0v) is 9.62. The fourth-order valence-corrected chi connectivity index (χ4v) is 2.28. The van der Waals surface area contributed by atoms with E-state index in [-0.39, 0.29) is 0 Å². The normalized spacial score (nSPS) is 11.6. The van der Waals surface area contributed by atoms with Gasteiger partial charge in [0.2, 0.25) is 0 Å². The van der Waals surface area contributed by atoms with Crippen LogP contribution in [0.4, 0.5) is 5.00 Å². The van der Waals surface area contributed by atoms with Gasteiger partial charge in [-0.3, -0.25) is 0 Å². The number of nitrogens with two attached hydrogens (primary N) is 2. The lowest BCUT2D eigenvalue weighted by Gasteiger charge is -1.99. The van der Waals surface area contributed by atoms with Gasteiger partial charge in [0.15, 0.2) is 0 Å². The quantitative estimate of drug-likeness (QED) is 0.757. The van der Waals surface area contributed by atoms with E-state index in [1.165, 1.54) is 17.5 Å². The van der Waals surface area contributed by atoms with Crippen LogP contribution in [-0.2, 0) is 10.0 Å². The van der Waals surface area contributed by atoms with Gasteiger partial charge in [-0.15, -0.1) is 11.3 Å². The lowest BCUT2D eigenvalue weighted by atomic mass is 10.3. The Labute approximate surface area is 96.0 Å². The summed E-state index contributed by atoms with van der Waals surface area (Å²) in [4.78, 5) is 8.22. The van der Waals surface area contributed by atoms with Crippen molar-refractivity contribution in [2.24, 2.45) is 5.14 Å². The molecule has 16 heavy (non-hydrogen) atoms. The van der Waals surface area contributed by atoms with Crippen LogP contribution in [0.2, 0.25) is 0 Å². The Morgan fingerprint density at radius 2 is 2.00 bits per heavy atom. The van der Waals surface area contributed by atoms with Crippen LogP contribution in [0.3, 0.4) is 0 Å². The van der Waals surface area contributed by atoms with E-state index >= 15 is 0 Å². The average Bonchev–Trinajstić information content (AvgIpc) is 2.64. The number of rotatable bonds is 2. The van der Waals surface area contributed by atoms with Gasteiger partial charge >= 0.3 is 0 Å². The van der Waals surface area contributed by atoms with Crippen LogP contribution >= 0.6 is 11.3 Å². The molecule has 6 nitrogen and oxygen atoms in total. The van der Waals surface area contributed by atoms with Crippen LogP contribution in [0.5, 0.6) is 0 Å². The van der Waals surface area contributed by atoms with Gasteiger partial charge in [-0.1, -0.05) is 0 Å². The molecule has 0 saturated heterocycles. The third-order valence-electron chi connectivity index (χ3n) is 1.77. The van der Waals surface area contributed by atoms with Crippen molar-refractivity contribution in [3.8, 4) is 10.6 Å². The summed E-state index contributed by atoms with van der Waals surface area (Å²) in [5.74, 6) is 0. The molecule has 0 aromatic carbocycles. The largest absolute Gasteiger partial charge is 0.391 e. The Balaban J connectivity index is 2.52. The molecular formula is C8H8N4O2S2. The lowest BCUT2D eigenvalue weighted by Crippen LogP contribution is -2.15. The molecule has 2 aromatic heterocycles. The highest BCUT2D eigenvalue weighted by Gasteiger charge is 2.13. The highest BCUT2D eigenvalue weighted by atomic mass is 32.2. The summed E-state index contributed by atoms with van der Waals surface area (Å²) in [7, 11) is -3.88. The molecule has 0 aliphatic heterocycles. The maximum absolute atomic E-state index is 11.1. The number of primary sulfonamides is 1. The predicted molar refractivity (Wildman–Crippen MR) is 61.1 cm³/mol. The molecule has 2 heterocycles. The second-order valence-electron chi connectivity index (χ2n) is 2.97. The molecule has 84 valence electrons. The van der Waals surface area contributed by atoms with E-state index in [4.69, 9.17) is 10.9 Å². The summed E-state index contributed by atoms with van der Waals surface area (Å²) in [6.07, 6.45) is 1.35. The minimum absolute atomic E-state index is 0.392. The molecule has 0 unspecified atom stereocenters. The number of nitrogens with zero attached hydrogens (tertiary/aromatic N) is 2. The van der Waals surface area contributed by atoms with E-state index in [9.17, 15) is 8.42 Å². The van der Waals surface area contributed by atoms with Crippen LogP contribution in [0.15, 0.2) is 29.6 Å². The van der Waals surface area contributed by atoms with Crippen LogP contribution in [0, 0.1) is 0 Å². The first kappa shape index (κ1) is 11.0. The molecule has 0 spiro atoms. The Morgan fingerprint density at radius 3 is 2.56 bits per heavy atom. The van der Waals surface area contributed by atoms with Crippen molar-refractivity contribution < 1.29 is 8.42 Å². The number of hydrogen-bond acceptors (Lipinski definition) is 6. The second kappa shape index (κ2) is 3.81. The van der Waals surface area contributed by atoms with Crippen molar-refractivity contribution in [1.29, 1.82) is 0 Å². The molecule has 4 N–H and O–H groups in total. The van der Waals surface area contributed by atoms with Crippen molar-refractivity contribution >= 4 is 26.4 Å². The molecule has 0 aliphatic rings. The van der Waals surface area contributed by atoms with Crippen LogP contribution < -0.4 is 10.9 Å². The third-order valence-corrected chi connectivity index (χ3v) is 3.41. The summed E-state index contributed by atoms with van der Waals surface area (Å²) in [5.41, 5.74) is 6.06. The zero-order valence-electron chi connectivity index (χ0n) is 7.99. The van der Waals surface area contributed by atoms with Crippen LogP contribution in [0.25, 0.3) is 10.6 Å². The second-order valence-corrected chi connectivity index (χ2v) is 5.54. The topological polar surface area (TPSA) is 112 Å². The average molecular weight is 256 g/mol. The van der Waals surface area contributed by atoms with E-state index in [1.807, 2.05) is 0 Å². The predicted octanol–water partition coefficient (Wildman–Crippen LogP) is 0.435. The maximum Gasteiger partial charge on any atom is 0.273 e. The van der Waals surface area contributed by atoms with Gasteiger partial charge in [0.05, 0.1) is 15.6 Å². The Bertz CT molecular complexity index is 620. The molecular weight excluding hydrogens is 248 g/mol. The molecule has 0 saturated carbocycles. The first-order valence-corrected chi connectivity index (χ1v) is 6.54. The van der Waals surface area contributed by atoms with E-state index in [1.54, 1.807) is 18.2 Å². The lowest BCUT2D eigenvalue weighted by molar-refractivity contribution is 0.589. The maximum atomic E-state index is 11.1. The van der Waals surface area contributed by atoms with E-state index in [0.717, 1.165) is 4.88 Å². The number of thiophene rings is 1. The van der Waals surface area contributed by atoms with E-state index in [0.29, 0.717) is 10.7 Å². The fourth-order valence-electron chi connectivity index (χ4n) is 1.11. The van der Waals surface area contributed by atoms with Crippen molar-refractivity contribution in [1.82, 2.24) is 9.97 Å². The molecule has 0 fully saturated rings. The smallest absolute Gasteiger partial charge is 0.273 e. The summed E-state index contributed by atoms with van der Waals surface area (Å²) in [6.45, 7) is 0. The number of aromatic nitrogens is 2. The van der Waals surface area contributed by atoms with Gasteiger partial charge in [-0.05, 0) is 18.2 Å². The van der Waals surface area contributed by atoms with Crippen LogP contribution in [0.1, 0.15) is 0 Å². The number of anilines is 1. The van der Waals surface area contributed by atoms with E-state index < -0.39 is 15.2 Å². The monoisotopic (exact) mass is 256 g/mol. The molecule has 0 amide bonds. The number of sulfonamides is 1. The first-order valence-electron chi connectivity index (χ1n) is 4.18. The van der Waals surface area contributed by atoms with E-state index in [2.05, 4.69) is 9.97 Å². The Hall–Kier alpha value is -1.51. The fraction of sp³-hybridized carbons (Fsp3) is 0. The summed E-state index contributed by atoms with van der Waals surface area (Å²) < 4.78 is 22.1. The van der Waals surface area contributed by atoms with Gasteiger partial charge in [0.1, 0.15) is 0 Å². The molecule has 0 aliphatic carbocycles. The molecule has 2 rings (SSSR count). The van der Waals surface area contributed by atoms with Gasteiger partial charge in [0, 0.05) is 6.20 Å². The first-order chi connectivity index (χ1) is 7.47. The SMILES string of the molecule is Nc1ccc(-c2ccnc(S(N)(=O)=O)n2)s1. The minimum atomic E-state index is -3.88. The van der Waals surface area contributed by atoms with Gasteiger partial charge in [-0.2, -0.15) is 0 Å². The zero-order chi connectivity index (χ0) is 11.8. The van der Waals surface area contributed by atoms with Gasteiger partial charge in [-0.25, -0.2) is 23.5 Å². The molecule has 0 bridgehead atoms. The third kappa shape index (κ3) is 2.18. The summed E-state index contributed by atoms with van der Waals surface area (Å²) >= 11 is 1.31. The molecule has 0 atom stereocenters.